The van der Waals surface area contributed by atoms with Gasteiger partial charge in [-0.3, -0.25) is 14.4 Å². The molecular weight excluding hydrogens is 548 g/mol. The molecule has 2 unspecified atom stereocenters. The molecule has 1 aliphatic heterocycles. The Morgan fingerprint density at radius 3 is 1.64 bits per heavy atom. The first kappa shape index (κ1) is 27.4. The highest BCUT2D eigenvalue weighted by atomic mass is 16.7. The van der Waals surface area contributed by atoms with Gasteiger partial charge in [-0.1, -0.05) is 0 Å². The minimum Gasteiger partial charge on any atom is -0.504 e. The molecule has 1 aliphatic rings. The number of carbonyl (C=O) groups is 1. The number of methoxy groups -OCH3 is 2. The van der Waals surface area contributed by atoms with Crippen LogP contribution in [0.1, 0.15) is 31.9 Å². The van der Waals surface area contributed by atoms with E-state index in [2.05, 4.69) is 0 Å². The van der Waals surface area contributed by atoms with Crippen LogP contribution < -0.4 is 29.8 Å². The molecule has 218 valence electrons. The number of aromatic hydroxyl groups is 2. The third-order valence-corrected chi connectivity index (χ3v) is 7.76. The zero-order chi connectivity index (χ0) is 30.2. The van der Waals surface area contributed by atoms with Crippen LogP contribution >= 0.6 is 0 Å². The van der Waals surface area contributed by atoms with Gasteiger partial charge in [0.25, 0.3) is 0 Å². The summed E-state index contributed by atoms with van der Waals surface area (Å²) >= 11 is 0. The number of aliphatic hydroxyl groups excluding tert-OH is 1. The van der Waals surface area contributed by atoms with E-state index >= 15 is 0 Å². The molecule has 0 aromatic heterocycles. The average molecular weight is 577 g/mol. The van der Waals surface area contributed by atoms with Crippen LogP contribution in [0.3, 0.4) is 0 Å². The molecule has 1 heterocycles. The normalized spacial score (nSPS) is 14.2. The van der Waals surface area contributed by atoms with E-state index < -0.39 is 40.5 Å². The van der Waals surface area contributed by atoms with Gasteiger partial charge in [-0.15, -0.1) is 0 Å². The number of hydrogen-bond donors (Lipinski definition) is 3. The van der Waals surface area contributed by atoms with Gasteiger partial charge in [0, 0.05) is 64.6 Å². The van der Waals surface area contributed by atoms with Crippen LogP contribution in [0, 0.1) is 0 Å². The van der Waals surface area contributed by atoms with Crippen LogP contribution in [0.5, 0.6) is 34.5 Å². The molecule has 42 heavy (non-hydrogen) atoms. The summed E-state index contributed by atoms with van der Waals surface area (Å²) in [6, 6.07) is 2.48. The van der Waals surface area contributed by atoms with E-state index in [0.717, 1.165) is 0 Å². The number of aliphatic hydroxyl groups is 1. The standard InChI is InChI=1S/C31H28O11/c1-11(32)6-14-20-21-15(7-12(2)42-13(3)33)31(39-5)29(37)23-17(35)9-19-25(27(21)23)24-18(40-10-41-19)8-16(34)22(26(20)24)28(36)30(14)38-4/h8-9,11-12,32,36-37H,6-7,10H2,1-5H3. The molecular formula is C31H28O11. The smallest absolute Gasteiger partial charge is 0.302 e. The second-order valence-corrected chi connectivity index (χ2v) is 10.6. The van der Waals surface area contributed by atoms with Gasteiger partial charge in [0.2, 0.25) is 6.79 Å². The van der Waals surface area contributed by atoms with Crippen molar-refractivity contribution in [2.45, 2.75) is 45.8 Å². The fourth-order valence-electron chi connectivity index (χ4n) is 6.45. The zero-order valence-electron chi connectivity index (χ0n) is 23.5. The monoisotopic (exact) mass is 576 g/mol. The van der Waals surface area contributed by atoms with Crippen molar-refractivity contribution in [3.05, 3.63) is 43.7 Å². The molecule has 11 nitrogen and oxygen atoms in total. The van der Waals surface area contributed by atoms with Crippen molar-refractivity contribution in [2.75, 3.05) is 21.0 Å². The molecule has 2 atom stereocenters. The third kappa shape index (κ3) is 3.73. The Hall–Kier alpha value is -4.77. The van der Waals surface area contributed by atoms with E-state index in [-0.39, 0.29) is 53.4 Å². The summed E-state index contributed by atoms with van der Waals surface area (Å²) in [7, 11) is 2.68. The zero-order valence-corrected chi connectivity index (χ0v) is 23.5. The van der Waals surface area contributed by atoms with Gasteiger partial charge in [-0.2, -0.15) is 0 Å². The second kappa shape index (κ2) is 9.66. The minimum absolute atomic E-state index is 0.0138. The SMILES string of the molecule is COc1c(O)c2c(=O)cc3c4c5c(cc(=O)c6c(O)c(OC)c(CC(C)OC(C)=O)c(c(c1CC(C)O)c24)c65)OCO3. The van der Waals surface area contributed by atoms with E-state index in [1.165, 1.54) is 33.3 Å². The lowest BCUT2D eigenvalue weighted by atomic mass is 9.81. The van der Waals surface area contributed by atoms with E-state index in [9.17, 15) is 29.7 Å². The summed E-state index contributed by atoms with van der Waals surface area (Å²) < 4.78 is 28.4. The fourth-order valence-corrected chi connectivity index (χ4v) is 6.45. The van der Waals surface area contributed by atoms with Crippen molar-refractivity contribution in [2.24, 2.45) is 0 Å². The summed E-state index contributed by atoms with van der Waals surface area (Å²) in [5, 5.41) is 35.6. The Labute approximate surface area is 238 Å². The largest absolute Gasteiger partial charge is 0.504 e. The number of esters is 1. The highest BCUT2D eigenvalue weighted by Crippen LogP contribution is 2.56. The van der Waals surface area contributed by atoms with Gasteiger partial charge >= 0.3 is 5.97 Å². The van der Waals surface area contributed by atoms with Crippen molar-refractivity contribution in [3.8, 4) is 34.5 Å². The number of ether oxygens (including phenoxy) is 5. The second-order valence-electron chi connectivity index (χ2n) is 10.6. The van der Waals surface area contributed by atoms with Crippen LogP contribution in [0.2, 0.25) is 0 Å². The van der Waals surface area contributed by atoms with Crippen LogP contribution in [0.4, 0.5) is 0 Å². The maximum Gasteiger partial charge on any atom is 0.302 e. The van der Waals surface area contributed by atoms with Gasteiger partial charge < -0.3 is 39.0 Å². The summed E-state index contributed by atoms with van der Waals surface area (Å²) in [6.07, 6.45) is -1.59. The highest BCUT2D eigenvalue weighted by molar-refractivity contribution is 6.38. The molecule has 0 bridgehead atoms. The Balaban J connectivity index is 2.04. The lowest BCUT2D eigenvalue weighted by Gasteiger charge is -2.25. The first-order chi connectivity index (χ1) is 20.0. The van der Waals surface area contributed by atoms with E-state index in [1.807, 2.05) is 0 Å². The molecule has 0 amide bonds. The topological polar surface area (TPSA) is 158 Å². The number of carbonyl (C=O) groups excluding carboxylic acids is 1. The minimum atomic E-state index is -0.915. The third-order valence-electron chi connectivity index (χ3n) is 7.76. The van der Waals surface area contributed by atoms with E-state index in [0.29, 0.717) is 43.4 Å². The lowest BCUT2D eigenvalue weighted by Crippen LogP contribution is -2.17. The van der Waals surface area contributed by atoms with E-state index in [4.69, 9.17) is 23.7 Å². The average Bonchev–Trinajstić information content (AvgIpc) is 3.08. The number of hydrogen-bond acceptors (Lipinski definition) is 11. The first-order valence-corrected chi connectivity index (χ1v) is 13.3. The van der Waals surface area contributed by atoms with Crippen LogP contribution in [-0.2, 0) is 22.4 Å². The molecule has 0 fully saturated rings. The van der Waals surface area contributed by atoms with Crippen LogP contribution in [0.15, 0.2) is 21.7 Å². The number of phenols is 2. The van der Waals surface area contributed by atoms with Gasteiger partial charge in [0.1, 0.15) is 17.6 Å². The molecule has 11 heteroatoms. The Kier molecular flexibility index (Phi) is 6.30. The summed E-state index contributed by atoms with van der Waals surface area (Å²) in [5.41, 5.74) is -0.367. The van der Waals surface area contributed by atoms with Crippen LogP contribution in [0.25, 0.3) is 43.1 Å². The predicted molar refractivity (Wildman–Crippen MR) is 154 cm³/mol. The Morgan fingerprint density at radius 2 is 1.24 bits per heavy atom. The van der Waals surface area contributed by atoms with E-state index in [1.54, 1.807) is 13.8 Å². The molecule has 0 radical (unpaired) electrons. The van der Waals surface area contributed by atoms with Crippen molar-refractivity contribution in [1.29, 1.82) is 0 Å². The van der Waals surface area contributed by atoms with Crippen molar-refractivity contribution >= 4 is 49.1 Å². The number of rotatable bonds is 7. The molecule has 0 saturated heterocycles. The van der Waals surface area contributed by atoms with Crippen molar-refractivity contribution < 1.29 is 43.8 Å². The van der Waals surface area contributed by atoms with Crippen molar-refractivity contribution in [1.82, 2.24) is 0 Å². The first-order valence-electron chi connectivity index (χ1n) is 13.3. The van der Waals surface area contributed by atoms with Gasteiger partial charge in [0.15, 0.2) is 33.9 Å². The molecule has 6 rings (SSSR count). The molecule has 5 aromatic carbocycles. The molecule has 0 saturated carbocycles. The molecule has 0 aliphatic carbocycles. The lowest BCUT2D eigenvalue weighted by molar-refractivity contribution is -0.145. The number of fused-ring (bicyclic) bond motifs is 1. The highest BCUT2D eigenvalue weighted by Gasteiger charge is 2.34. The molecule has 5 aromatic rings. The fraction of sp³-hybridized carbons (Fsp3) is 0.323. The number of phenolic OH excluding ortho intramolecular Hbond substituents is 2. The van der Waals surface area contributed by atoms with Crippen molar-refractivity contribution in [3.63, 3.8) is 0 Å². The van der Waals surface area contributed by atoms with Gasteiger partial charge in [-0.05, 0) is 24.6 Å². The molecule has 0 spiro atoms. The Morgan fingerprint density at radius 1 is 0.786 bits per heavy atom. The quantitative estimate of drug-likeness (QED) is 0.148. The Bertz CT molecular complexity index is 2050. The van der Waals surface area contributed by atoms with Gasteiger partial charge in [0.05, 0.1) is 31.1 Å². The number of benzene rings is 5. The maximum absolute atomic E-state index is 13.6. The summed E-state index contributed by atoms with van der Waals surface area (Å²) in [5.74, 6) is -1.07. The van der Waals surface area contributed by atoms with Crippen LogP contribution in [-0.4, -0.2) is 54.5 Å². The predicted octanol–water partition coefficient (Wildman–Crippen LogP) is 3.47. The summed E-state index contributed by atoms with van der Waals surface area (Å²) in [6.45, 7) is 4.21. The summed E-state index contributed by atoms with van der Waals surface area (Å²) in [4.78, 5) is 39.0. The maximum atomic E-state index is 13.6. The van der Waals surface area contributed by atoms with Gasteiger partial charge in [-0.25, -0.2) is 0 Å². The molecule has 3 N–H and O–H groups in total.